The molecule has 0 aromatic rings. The lowest BCUT2D eigenvalue weighted by molar-refractivity contribution is -0.143. The highest BCUT2D eigenvalue weighted by atomic mass is 16.4. The van der Waals surface area contributed by atoms with Gasteiger partial charge in [-0.1, -0.05) is 19.3 Å². The molecule has 1 aliphatic heterocycles. The lowest BCUT2D eigenvalue weighted by atomic mass is 9.95. The number of piperidine rings is 1. The Balaban J connectivity index is 1.91. The van der Waals surface area contributed by atoms with E-state index in [1.807, 2.05) is 0 Å². The smallest absolute Gasteiger partial charge is 0.326 e. The summed E-state index contributed by atoms with van der Waals surface area (Å²) in [6.45, 7) is 0.565. The molecule has 0 aromatic carbocycles. The molecule has 1 saturated heterocycles. The Labute approximate surface area is 108 Å². The van der Waals surface area contributed by atoms with Crippen LogP contribution in [0.15, 0.2) is 0 Å². The van der Waals surface area contributed by atoms with Crippen molar-refractivity contribution in [1.82, 2.24) is 10.2 Å². The van der Waals surface area contributed by atoms with E-state index in [0.29, 0.717) is 13.0 Å². The van der Waals surface area contributed by atoms with Gasteiger partial charge in [0.05, 0.1) is 0 Å². The standard InChI is InChI=1S/C13H22N2O3/c16-12(17)11-8-4-5-9-15(11)13(18)14-10-6-2-1-3-7-10/h10-11H,1-9H2,(H,14,18)(H,16,17)/t11-/m0/s1. The van der Waals surface area contributed by atoms with Crippen molar-refractivity contribution in [1.29, 1.82) is 0 Å². The summed E-state index contributed by atoms with van der Waals surface area (Å²) < 4.78 is 0. The van der Waals surface area contributed by atoms with Crippen molar-refractivity contribution in [3.05, 3.63) is 0 Å². The summed E-state index contributed by atoms with van der Waals surface area (Å²) in [6.07, 6.45) is 7.99. The first-order chi connectivity index (χ1) is 8.68. The first-order valence-electron chi connectivity index (χ1n) is 6.98. The summed E-state index contributed by atoms with van der Waals surface area (Å²) >= 11 is 0. The number of nitrogens with one attached hydrogen (secondary N) is 1. The molecular formula is C13H22N2O3. The zero-order chi connectivity index (χ0) is 13.0. The molecule has 2 N–H and O–H groups in total. The number of likely N-dealkylation sites (tertiary alicyclic amines) is 1. The molecular weight excluding hydrogens is 232 g/mol. The molecule has 1 saturated carbocycles. The molecule has 1 atom stereocenters. The first kappa shape index (κ1) is 13.2. The number of nitrogens with zero attached hydrogens (tertiary/aromatic N) is 1. The van der Waals surface area contributed by atoms with E-state index in [4.69, 9.17) is 5.11 Å². The van der Waals surface area contributed by atoms with Crippen LogP contribution in [-0.2, 0) is 4.79 Å². The van der Waals surface area contributed by atoms with Crippen molar-refractivity contribution in [3.8, 4) is 0 Å². The molecule has 1 heterocycles. The van der Waals surface area contributed by atoms with Gasteiger partial charge in [0.2, 0.25) is 0 Å². The number of carbonyl (C=O) groups is 2. The zero-order valence-electron chi connectivity index (χ0n) is 10.7. The molecule has 0 bridgehead atoms. The normalized spacial score (nSPS) is 25.8. The summed E-state index contributed by atoms with van der Waals surface area (Å²) in [6, 6.07) is -0.584. The van der Waals surface area contributed by atoms with E-state index in [1.165, 1.54) is 11.3 Å². The quantitative estimate of drug-likeness (QED) is 0.791. The van der Waals surface area contributed by atoms with Crippen LogP contribution in [0.2, 0.25) is 0 Å². The van der Waals surface area contributed by atoms with Crippen LogP contribution in [0.4, 0.5) is 4.79 Å². The topological polar surface area (TPSA) is 69.6 Å². The maximum atomic E-state index is 12.1. The molecule has 2 fully saturated rings. The number of hydrogen-bond donors (Lipinski definition) is 2. The third-order valence-electron chi connectivity index (χ3n) is 3.98. The van der Waals surface area contributed by atoms with Crippen LogP contribution in [0.3, 0.4) is 0 Å². The van der Waals surface area contributed by atoms with Gasteiger partial charge < -0.3 is 15.3 Å². The van der Waals surface area contributed by atoms with E-state index in [2.05, 4.69) is 5.32 Å². The monoisotopic (exact) mass is 254 g/mol. The number of aliphatic carboxylic acids is 1. The van der Waals surface area contributed by atoms with Crippen molar-refractivity contribution in [3.63, 3.8) is 0 Å². The second-order valence-electron chi connectivity index (χ2n) is 5.33. The maximum absolute atomic E-state index is 12.1. The molecule has 5 heteroatoms. The highest BCUT2D eigenvalue weighted by Gasteiger charge is 2.32. The van der Waals surface area contributed by atoms with Gasteiger partial charge >= 0.3 is 12.0 Å². The van der Waals surface area contributed by atoms with Gasteiger partial charge in [-0.15, -0.1) is 0 Å². The Morgan fingerprint density at radius 1 is 1.00 bits per heavy atom. The van der Waals surface area contributed by atoms with E-state index >= 15 is 0 Å². The summed E-state index contributed by atoms with van der Waals surface area (Å²) in [7, 11) is 0. The van der Waals surface area contributed by atoms with Gasteiger partial charge in [0.1, 0.15) is 6.04 Å². The fourth-order valence-electron chi connectivity index (χ4n) is 2.94. The number of carbonyl (C=O) groups excluding carboxylic acids is 1. The molecule has 18 heavy (non-hydrogen) atoms. The van der Waals surface area contributed by atoms with E-state index in [1.54, 1.807) is 0 Å². The second kappa shape index (κ2) is 6.07. The molecule has 0 radical (unpaired) electrons. The minimum absolute atomic E-state index is 0.186. The molecule has 0 spiro atoms. The number of carboxylic acid groups (broad SMARTS) is 1. The lowest BCUT2D eigenvalue weighted by Gasteiger charge is -2.34. The Morgan fingerprint density at radius 2 is 1.67 bits per heavy atom. The average molecular weight is 254 g/mol. The van der Waals surface area contributed by atoms with Crippen LogP contribution in [0.25, 0.3) is 0 Å². The molecule has 1 aliphatic carbocycles. The van der Waals surface area contributed by atoms with Gasteiger partial charge in [0.15, 0.2) is 0 Å². The molecule has 2 amide bonds. The summed E-state index contributed by atoms with van der Waals surface area (Å²) in [4.78, 5) is 24.8. The number of hydrogen-bond acceptors (Lipinski definition) is 2. The second-order valence-corrected chi connectivity index (χ2v) is 5.33. The van der Waals surface area contributed by atoms with Crippen molar-refractivity contribution in [2.75, 3.05) is 6.54 Å². The average Bonchev–Trinajstić information content (AvgIpc) is 2.40. The fraction of sp³-hybridized carbons (Fsp3) is 0.846. The first-order valence-corrected chi connectivity index (χ1v) is 6.98. The fourth-order valence-corrected chi connectivity index (χ4v) is 2.94. The van der Waals surface area contributed by atoms with Gasteiger partial charge in [-0.25, -0.2) is 9.59 Å². The number of amides is 2. The Hall–Kier alpha value is -1.26. The molecule has 2 rings (SSSR count). The predicted molar refractivity (Wildman–Crippen MR) is 67.4 cm³/mol. The highest BCUT2D eigenvalue weighted by molar-refractivity contribution is 5.83. The molecule has 0 aromatic heterocycles. The van der Waals surface area contributed by atoms with Gasteiger partial charge in [0, 0.05) is 12.6 Å². The van der Waals surface area contributed by atoms with E-state index in [0.717, 1.165) is 38.5 Å². The molecule has 5 nitrogen and oxygen atoms in total. The molecule has 0 unspecified atom stereocenters. The van der Waals surface area contributed by atoms with Gasteiger partial charge in [-0.2, -0.15) is 0 Å². The third-order valence-corrected chi connectivity index (χ3v) is 3.98. The Bertz CT molecular complexity index is 313. The maximum Gasteiger partial charge on any atom is 0.326 e. The van der Waals surface area contributed by atoms with Crippen molar-refractivity contribution >= 4 is 12.0 Å². The zero-order valence-corrected chi connectivity index (χ0v) is 10.7. The van der Waals surface area contributed by atoms with E-state index in [-0.39, 0.29) is 12.1 Å². The van der Waals surface area contributed by atoms with Crippen LogP contribution in [-0.4, -0.2) is 40.6 Å². The summed E-state index contributed by atoms with van der Waals surface area (Å²) in [5.41, 5.74) is 0. The van der Waals surface area contributed by atoms with Gasteiger partial charge in [0.25, 0.3) is 0 Å². The minimum atomic E-state index is -0.881. The highest BCUT2D eigenvalue weighted by Crippen LogP contribution is 2.20. The minimum Gasteiger partial charge on any atom is -0.480 e. The predicted octanol–water partition coefficient (Wildman–Crippen LogP) is 1.97. The van der Waals surface area contributed by atoms with Gasteiger partial charge in [-0.3, -0.25) is 0 Å². The van der Waals surface area contributed by atoms with Crippen LogP contribution >= 0.6 is 0 Å². The molecule has 102 valence electrons. The van der Waals surface area contributed by atoms with E-state index in [9.17, 15) is 9.59 Å². The van der Waals surface area contributed by atoms with Crippen LogP contribution in [0.1, 0.15) is 51.4 Å². The SMILES string of the molecule is O=C(O)[C@@H]1CCCCN1C(=O)NC1CCCCC1. The largest absolute Gasteiger partial charge is 0.480 e. The summed E-state index contributed by atoms with van der Waals surface area (Å²) in [5.74, 6) is -0.881. The van der Waals surface area contributed by atoms with Crippen LogP contribution in [0.5, 0.6) is 0 Å². The van der Waals surface area contributed by atoms with Crippen LogP contribution in [0, 0.1) is 0 Å². The summed E-state index contributed by atoms with van der Waals surface area (Å²) in [5, 5.41) is 12.1. The molecule has 2 aliphatic rings. The van der Waals surface area contributed by atoms with Crippen LogP contribution < -0.4 is 5.32 Å². The van der Waals surface area contributed by atoms with Crippen molar-refractivity contribution in [2.45, 2.75) is 63.5 Å². The Morgan fingerprint density at radius 3 is 2.33 bits per heavy atom. The van der Waals surface area contributed by atoms with Crippen molar-refractivity contribution in [2.24, 2.45) is 0 Å². The lowest BCUT2D eigenvalue weighted by Crippen LogP contribution is -2.54. The van der Waals surface area contributed by atoms with Crippen molar-refractivity contribution < 1.29 is 14.7 Å². The Kier molecular flexibility index (Phi) is 4.44. The third kappa shape index (κ3) is 3.15. The number of urea groups is 1. The van der Waals surface area contributed by atoms with E-state index < -0.39 is 12.0 Å². The van der Waals surface area contributed by atoms with Gasteiger partial charge in [-0.05, 0) is 32.1 Å². The number of carboxylic acids is 1. The number of rotatable bonds is 2.